The van der Waals surface area contributed by atoms with E-state index in [1.807, 2.05) is 0 Å². The van der Waals surface area contributed by atoms with E-state index < -0.39 is 81.3 Å². The Morgan fingerprint density at radius 3 is 1.82 bits per heavy atom. The van der Waals surface area contributed by atoms with Crippen molar-refractivity contribution in [1.82, 2.24) is 9.78 Å². The van der Waals surface area contributed by atoms with Gasteiger partial charge in [0.2, 0.25) is 5.88 Å². The number of benzene rings is 5. The molecule has 0 saturated heterocycles. The minimum absolute atomic E-state index is 0.0215. The molecule has 0 unspecified atom stereocenters. The average Bonchev–Trinajstić information content (AvgIpc) is 3.58. The molecule has 6 aromatic rings. The van der Waals surface area contributed by atoms with E-state index in [1.165, 1.54) is 50.4 Å². The second kappa shape index (κ2) is 21.0. The van der Waals surface area contributed by atoms with Gasteiger partial charge in [-0.3, -0.25) is 13.7 Å². The van der Waals surface area contributed by atoms with Crippen LogP contribution in [0.15, 0.2) is 123 Å². The second-order valence-corrected chi connectivity index (χ2v) is 18.3. The molecule has 0 atom stereocenters. The normalized spacial score (nSPS) is 12.5. The Kier molecular flexibility index (Phi) is 15.7. The number of aliphatic hydroxyl groups is 2. The lowest BCUT2D eigenvalue weighted by Crippen LogP contribution is -2.04. The molecule has 0 saturated carbocycles. The smallest absolute Gasteiger partial charge is 0.296 e. The zero-order valence-corrected chi connectivity index (χ0v) is 37.8. The minimum atomic E-state index is -5.03. The Bertz CT molecular complexity index is 3310. The van der Waals surface area contributed by atoms with Gasteiger partial charge < -0.3 is 34.6 Å². The summed E-state index contributed by atoms with van der Waals surface area (Å²) in [7, 11) is -13.1. The van der Waals surface area contributed by atoms with E-state index in [0.29, 0.717) is 0 Å². The summed E-state index contributed by atoms with van der Waals surface area (Å²) < 4.78 is 123. The van der Waals surface area contributed by atoms with Gasteiger partial charge >= 0.3 is 0 Å². The maximum atomic E-state index is 12.5. The van der Waals surface area contributed by atoms with Gasteiger partial charge in [0.15, 0.2) is 11.4 Å². The second-order valence-electron chi connectivity index (χ2n) is 13.3. The number of aryl methyl sites for hydroxylation is 1. The summed E-state index contributed by atoms with van der Waals surface area (Å²) in [5.41, 5.74) is -1.87. The van der Waals surface area contributed by atoms with Crippen LogP contribution in [0.25, 0.3) is 16.5 Å². The molecule has 8 N–H and O–H groups in total. The van der Waals surface area contributed by atoms with Crippen LogP contribution in [0.3, 0.4) is 0 Å². The van der Waals surface area contributed by atoms with Crippen molar-refractivity contribution in [2.75, 3.05) is 33.5 Å². The van der Waals surface area contributed by atoms with Crippen LogP contribution in [0.2, 0.25) is 0 Å². The highest BCUT2D eigenvalue weighted by atomic mass is 32.2. The van der Waals surface area contributed by atoms with E-state index in [4.69, 9.17) is 19.5 Å². The van der Waals surface area contributed by atoms with Gasteiger partial charge in [0.1, 0.15) is 58.1 Å². The van der Waals surface area contributed by atoms with Crippen molar-refractivity contribution in [2.24, 2.45) is 30.7 Å². The highest BCUT2D eigenvalue weighted by molar-refractivity contribution is 7.94. The molecule has 0 bridgehead atoms. The fourth-order valence-electron chi connectivity index (χ4n) is 5.91. The summed E-state index contributed by atoms with van der Waals surface area (Å²) in [6.07, 6.45) is 0. The predicted molar refractivity (Wildman–Crippen MR) is 233 cm³/mol. The van der Waals surface area contributed by atoms with Crippen molar-refractivity contribution < 1.29 is 88.2 Å². The first-order valence-corrected chi connectivity index (χ1v) is 23.6. The largest absolute Gasteiger partial charge is 0.505 e. The van der Waals surface area contributed by atoms with Crippen LogP contribution in [0.1, 0.15) is 5.69 Å². The number of hydrogen-bond acceptors (Lipinski definition) is 24. The van der Waals surface area contributed by atoms with E-state index in [-0.39, 0.29) is 92.3 Å². The third kappa shape index (κ3) is 11.7. The van der Waals surface area contributed by atoms with Gasteiger partial charge in [-0.25, -0.2) is 5.26 Å². The number of hydrogen-bond donors (Lipinski definition) is 8. The third-order valence-corrected chi connectivity index (χ3v) is 12.1. The first kappa shape index (κ1) is 50.7. The molecule has 27 nitrogen and oxygen atoms in total. The number of nitrogens with zero attached hydrogens (tertiary/aromatic N) is 8. The number of rotatable bonds is 20. The van der Waals surface area contributed by atoms with Crippen LogP contribution in [-0.2, 0) is 39.7 Å². The molecule has 31 heteroatoms. The monoisotopic (exact) mass is 1020 g/mol. The van der Waals surface area contributed by atoms with Gasteiger partial charge in [0.25, 0.3) is 30.4 Å². The molecule has 68 heavy (non-hydrogen) atoms. The van der Waals surface area contributed by atoms with Gasteiger partial charge in [-0.15, -0.1) is 29.9 Å². The number of phenolic OH excluding ortho intramolecular Hbond substituents is 1. The summed E-state index contributed by atoms with van der Waals surface area (Å²) in [5, 5.41) is 83.4. The highest BCUT2D eigenvalue weighted by Gasteiger charge is 2.26. The number of methoxy groups -OCH3 is 1. The number of aromatic nitrogens is 2. The van der Waals surface area contributed by atoms with Crippen LogP contribution >= 0.6 is 12.0 Å². The molecule has 0 radical (unpaired) electrons. The molecule has 0 aliphatic heterocycles. The highest BCUT2D eigenvalue weighted by Crippen LogP contribution is 2.49. The van der Waals surface area contributed by atoms with E-state index >= 15 is 0 Å². The van der Waals surface area contributed by atoms with E-state index in [2.05, 4.69) is 45.2 Å². The van der Waals surface area contributed by atoms with Gasteiger partial charge in [0, 0.05) is 18.2 Å². The Hall–Kier alpha value is -6.75. The number of aliphatic hydroxyl groups excluding tert-OH is 2. The Balaban J connectivity index is 1.52. The zero-order chi connectivity index (χ0) is 49.6. The zero-order valence-electron chi connectivity index (χ0n) is 34.5. The molecular weight excluding hydrogens is 989 g/mol. The fraction of sp³-hybridized carbons (Fsp3) is 0.162. The molecular formula is C37H34N8O19S4. The summed E-state index contributed by atoms with van der Waals surface area (Å²) in [6.45, 7) is -0.338. The average molecular weight is 1020 g/mol. The molecule has 1 heterocycles. The first-order valence-electron chi connectivity index (χ1n) is 18.6. The molecule has 0 fully saturated rings. The number of fused-ring (bicyclic) bond motifs is 1. The van der Waals surface area contributed by atoms with Crippen LogP contribution in [-0.4, -0.2) is 108 Å². The SMILES string of the molecule is COc1ccc(N=Nc2cc(OCCO)c(N=Nc3c(SOOO)cc4cc(S(=O)(=O)O)cc(-n5nc(C)c(N=Nc6ccc(S(=O)(=O)O)cc6)c5O)c4c3O)cc2OCCO)c(S(=O)(=O)O)c1. The number of aromatic hydroxyl groups is 2. The first-order chi connectivity index (χ1) is 32.2. The maximum absolute atomic E-state index is 12.5. The van der Waals surface area contributed by atoms with Gasteiger partial charge in [-0.1, -0.05) is 5.04 Å². The Morgan fingerprint density at radius 1 is 0.676 bits per heavy atom. The summed E-state index contributed by atoms with van der Waals surface area (Å²) in [4.78, 5) is -2.10. The molecule has 0 aliphatic carbocycles. The van der Waals surface area contributed by atoms with Gasteiger partial charge in [-0.05, 0) is 66.9 Å². The lowest BCUT2D eigenvalue weighted by atomic mass is 10.1. The van der Waals surface area contributed by atoms with Crippen molar-refractivity contribution in [3.63, 3.8) is 0 Å². The van der Waals surface area contributed by atoms with Crippen molar-refractivity contribution >= 4 is 87.3 Å². The van der Waals surface area contributed by atoms with Crippen LogP contribution < -0.4 is 14.2 Å². The van der Waals surface area contributed by atoms with Crippen LogP contribution in [0.4, 0.5) is 34.1 Å². The quantitative estimate of drug-likeness (QED) is 0.0126. The maximum Gasteiger partial charge on any atom is 0.296 e. The van der Waals surface area contributed by atoms with Crippen molar-refractivity contribution in [2.45, 2.75) is 26.5 Å². The van der Waals surface area contributed by atoms with E-state index in [0.717, 1.165) is 41.1 Å². The summed E-state index contributed by atoms with van der Waals surface area (Å²) >= 11 is 0.230. The van der Waals surface area contributed by atoms with Crippen LogP contribution in [0, 0.1) is 6.92 Å². The third-order valence-electron chi connectivity index (χ3n) is 8.89. The van der Waals surface area contributed by atoms with Crippen LogP contribution in [0.5, 0.6) is 28.9 Å². The Labute approximate surface area is 387 Å². The standard InChI is InChI=1S/C37H34N8O19S4/c1-19-34(42-38-21-3-6-23(7-4-21)66(51,52)53)37(49)45(44-19)28-16-24(67(54,55)56)13-20-14-31(65-64-63-50)35(36(48)33(20)28)43-41-27-18-29(61-11-9-46)26(17-30(27)62-12-10-47)40-39-25-8-5-22(60-2)15-32(25)68(57,58)59/h3-8,13-18,46-50H,9-12H2,1-2H3,(H,51,52,53)(H,54,55,56)(H,57,58,59). The van der Waals surface area contributed by atoms with Crippen molar-refractivity contribution in [3.8, 4) is 34.6 Å². The lowest BCUT2D eigenvalue weighted by molar-refractivity contribution is -0.432. The molecule has 0 amide bonds. The molecule has 1 aromatic heterocycles. The van der Waals surface area contributed by atoms with E-state index in [1.54, 1.807) is 0 Å². The van der Waals surface area contributed by atoms with E-state index in [9.17, 15) is 59.3 Å². The van der Waals surface area contributed by atoms with Gasteiger partial charge in [0.05, 0.1) is 69.5 Å². The predicted octanol–water partition coefficient (Wildman–Crippen LogP) is 6.91. The topological polar surface area (TPSA) is 402 Å². The Morgan fingerprint density at radius 2 is 1.26 bits per heavy atom. The van der Waals surface area contributed by atoms with Crippen molar-refractivity contribution in [3.05, 3.63) is 78.5 Å². The van der Waals surface area contributed by atoms with Crippen molar-refractivity contribution in [1.29, 1.82) is 0 Å². The number of ether oxygens (including phenoxy) is 3. The molecule has 0 spiro atoms. The molecule has 6 rings (SSSR count). The minimum Gasteiger partial charge on any atom is -0.505 e. The van der Waals surface area contributed by atoms with Gasteiger partial charge in [-0.2, -0.15) is 40.1 Å². The lowest BCUT2D eigenvalue weighted by Gasteiger charge is -2.15. The summed E-state index contributed by atoms with van der Waals surface area (Å²) in [5.74, 6) is -1.89. The summed E-state index contributed by atoms with van der Waals surface area (Å²) in [6, 6.07) is 13.3. The fourth-order valence-corrected chi connectivity index (χ4v) is 8.06. The molecule has 0 aliphatic rings. The molecule has 360 valence electrons. The number of azo groups is 3. The molecule has 5 aromatic carbocycles. The number of phenols is 1.